The molecule has 3 aromatic rings. The number of pyridine rings is 1. The molecule has 0 spiro atoms. The lowest BCUT2D eigenvalue weighted by Gasteiger charge is -2.12. The maximum absolute atomic E-state index is 10.2. The van der Waals surface area contributed by atoms with Crippen LogP contribution in [0.25, 0.3) is 0 Å². The number of benzene rings is 2. The number of halogens is 1. The van der Waals surface area contributed by atoms with Crippen molar-refractivity contribution in [1.29, 1.82) is 5.26 Å². The van der Waals surface area contributed by atoms with E-state index in [-0.39, 0.29) is 12.4 Å². The number of nitrogens with zero attached hydrogens (tertiary/aromatic N) is 3. The molecular formula is C22H18ClN3O2. The minimum Gasteiger partial charge on any atom is -0.505 e. The summed E-state index contributed by atoms with van der Waals surface area (Å²) in [5.41, 5.74) is 3.47. The lowest BCUT2D eigenvalue weighted by molar-refractivity contribution is 0.280. The van der Waals surface area contributed by atoms with Gasteiger partial charge < -0.3 is 10.2 Å². The molecule has 0 unspecified atom stereocenters. The molecule has 2 N–H and O–H groups in total. The molecule has 0 aliphatic carbocycles. The second-order valence-electron chi connectivity index (χ2n) is 6.23. The highest BCUT2D eigenvalue weighted by Gasteiger charge is 2.16. The molecule has 0 fully saturated rings. The predicted octanol–water partition coefficient (Wildman–Crippen LogP) is 4.65. The summed E-state index contributed by atoms with van der Waals surface area (Å²) < 4.78 is 0. The zero-order valence-electron chi connectivity index (χ0n) is 15.2. The van der Waals surface area contributed by atoms with Gasteiger partial charge in [-0.1, -0.05) is 48.0 Å². The molecule has 2 aromatic carbocycles. The number of hydrogen-bond acceptors (Lipinski definition) is 5. The van der Waals surface area contributed by atoms with Gasteiger partial charge in [-0.2, -0.15) is 5.26 Å². The highest BCUT2D eigenvalue weighted by atomic mass is 35.5. The van der Waals surface area contributed by atoms with E-state index in [1.807, 2.05) is 30.3 Å². The van der Waals surface area contributed by atoms with E-state index in [1.54, 1.807) is 25.1 Å². The van der Waals surface area contributed by atoms with Crippen molar-refractivity contribution >= 4 is 23.5 Å². The largest absolute Gasteiger partial charge is 0.505 e. The molecular weight excluding hydrogens is 374 g/mol. The Balaban J connectivity index is 1.93. The molecule has 0 aliphatic rings. The molecule has 3 rings (SSSR count). The summed E-state index contributed by atoms with van der Waals surface area (Å²) in [5.74, 6) is -0.494. The molecule has 0 radical (unpaired) electrons. The molecule has 1 heterocycles. The van der Waals surface area contributed by atoms with E-state index >= 15 is 0 Å². The summed E-state index contributed by atoms with van der Waals surface area (Å²) in [6.07, 6.45) is 2.98. The van der Waals surface area contributed by atoms with Gasteiger partial charge in [-0.15, -0.1) is 0 Å². The van der Waals surface area contributed by atoms with Gasteiger partial charge in [0.25, 0.3) is 0 Å². The molecule has 0 bridgehead atoms. The number of rotatable bonds is 5. The first kappa shape index (κ1) is 19.6. The fourth-order valence-electron chi connectivity index (χ4n) is 2.86. The van der Waals surface area contributed by atoms with Crippen LogP contribution in [-0.2, 0) is 6.61 Å². The second kappa shape index (κ2) is 8.66. The highest BCUT2D eigenvalue weighted by molar-refractivity contribution is 6.31. The quantitative estimate of drug-likeness (QED) is 0.619. The normalized spacial score (nSPS) is 12.1. The van der Waals surface area contributed by atoms with E-state index in [9.17, 15) is 15.5 Å². The number of aryl methyl sites for hydroxylation is 1. The van der Waals surface area contributed by atoms with Crippen LogP contribution in [0, 0.1) is 18.3 Å². The maximum Gasteiger partial charge on any atom is 0.145 e. The Kier molecular flexibility index (Phi) is 6.05. The molecule has 140 valence electrons. The van der Waals surface area contributed by atoms with E-state index in [1.165, 1.54) is 12.4 Å². The third kappa shape index (κ3) is 4.04. The zero-order valence-corrected chi connectivity index (χ0v) is 15.9. The number of aromatic nitrogens is 1. The first-order valence-corrected chi connectivity index (χ1v) is 8.99. The van der Waals surface area contributed by atoms with Gasteiger partial charge in [-0.05, 0) is 30.2 Å². The minimum atomic E-state index is -0.473. The van der Waals surface area contributed by atoms with E-state index in [0.717, 1.165) is 5.56 Å². The number of hydrogen-bond donors (Lipinski definition) is 2. The van der Waals surface area contributed by atoms with Gasteiger partial charge in [0.15, 0.2) is 0 Å². The average molecular weight is 392 g/mol. The fourth-order valence-corrected chi connectivity index (χ4v) is 3.15. The molecule has 0 aliphatic heterocycles. The topological polar surface area (TPSA) is 89.5 Å². The SMILES string of the molecule is Cc1ncc(CO)c(C=Nc2ccc([C@H](C#N)c3ccccc3)c(Cl)c2)c1O. The predicted molar refractivity (Wildman–Crippen MR) is 109 cm³/mol. The molecule has 1 atom stereocenters. The lowest BCUT2D eigenvalue weighted by Crippen LogP contribution is -1.99. The van der Waals surface area contributed by atoms with E-state index in [0.29, 0.717) is 33.1 Å². The van der Waals surface area contributed by atoms with Crippen LogP contribution in [0.2, 0.25) is 5.02 Å². The van der Waals surface area contributed by atoms with E-state index in [4.69, 9.17) is 11.6 Å². The van der Waals surface area contributed by atoms with Gasteiger partial charge in [-0.25, -0.2) is 0 Å². The molecule has 5 nitrogen and oxygen atoms in total. The van der Waals surface area contributed by atoms with Crippen molar-refractivity contribution in [3.8, 4) is 11.8 Å². The highest BCUT2D eigenvalue weighted by Crippen LogP contribution is 2.33. The van der Waals surface area contributed by atoms with Gasteiger partial charge in [-0.3, -0.25) is 9.98 Å². The summed E-state index contributed by atoms with van der Waals surface area (Å²) in [4.78, 5) is 8.38. The van der Waals surface area contributed by atoms with Crippen LogP contribution < -0.4 is 0 Å². The van der Waals surface area contributed by atoms with Crippen LogP contribution in [0.15, 0.2) is 59.7 Å². The monoisotopic (exact) mass is 391 g/mol. The summed E-state index contributed by atoms with van der Waals surface area (Å²) in [7, 11) is 0. The summed E-state index contributed by atoms with van der Waals surface area (Å²) >= 11 is 6.43. The van der Waals surface area contributed by atoms with E-state index < -0.39 is 5.92 Å². The van der Waals surface area contributed by atoms with Crippen molar-refractivity contribution in [1.82, 2.24) is 4.98 Å². The number of aliphatic hydroxyl groups is 1. The molecule has 0 amide bonds. The summed E-state index contributed by atoms with van der Waals surface area (Å²) in [5, 5.41) is 29.7. The third-order valence-corrected chi connectivity index (χ3v) is 4.76. The van der Waals surface area contributed by atoms with Crippen LogP contribution in [0.4, 0.5) is 5.69 Å². The number of nitriles is 1. The lowest BCUT2D eigenvalue weighted by atomic mass is 9.92. The number of aliphatic imine (C=N–C) groups is 1. The average Bonchev–Trinajstić information content (AvgIpc) is 2.72. The Hall–Kier alpha value is -3.20. The molecule has 6 heteroatoms. The van der Waals surface area contributed by atoms with Crippen LogP contribution in [0.3, 0.4) is 0 Å². The maximum atomic E-state index is 10.2. The molecule has 0 saturated heterocycles. The van der Waals surface area contributed by atoms with Gasteiger partial charge in [0.1, 0.15) is 5.75 Å². The smallest absolute Gasteiger partial charge is 0.145 e. The fraction of sp³-hybridized carbons (Fsp3) is 0.136. The van der Waals surface area contributed by atoms with Crippen LogP contribution >= 0.6 is 11.6 Å². The Morgan fingerprint density at radius 2 is 2.00 bits per heavy atom. The van der Waals surface area contributed by atoms with Gasteiger partial charge in [0.2, 0.25) is 0 Å². The third-order valence-electron chi connectivity index (χ3n) is 4.43. The van der Waals surface area contributed by atoms with Crippen LogP contribution in [0.5, 0.6) is 5.75 Å². The van der Waals surface area contributed by atoms with Gasteiger partial charge in [0, 0.05) is 28.6 Å². The number of aliphatic hydroxyl groups excluding tert-OH is 1. The molecule has 0 saturated carbocycles. The Morgan fingerprint density at radius 3 is 2.64 bits per heavy atom. The van der Waals surface area contributed by atoms with Crippen molar-refractivity contribution < 1.29 is 10.2 Å². The van der Waals surface area contributed by atoms with E-state index in [2.05, 4.69) is 16.0 Å². The first-order valence-electron chi connectivity index (χ1n) is 8.61. The second-order valence-corrected chi connectivity index (χ2v) is 6.63. The van der Waals surface area contributed by atoms with Gasteiger partial charge >= 0.3 is 0 Å². The Bertz CT molecular complexity index is 1060. The Morgan fingerprint density at radius 1 is 1.25 bits per heavy atom. The Labute approximate surface area is 168 Å². The summed E-state index contributed by atoms with van der Waals surface area (Å²) in [6, 6.07) is 16.9. The van der Waals surface area contributed by atoms with Crippen molar-refractivity contribution in [3.05, 3.63) is 87.7 Å². The molecule has 28 heavy (non-hydrogen) atoms. The van der Waals surface area contributed by atoms with Gasteiger partial charge in [0.05, 0.1) is 30.0 Å². The summed E-state index contributed by atoms with van der Waals surface area (Å²) in [6.45, 7) is 1.41. The van der Waals surface area contributed by atoms with Crippen LogP contribution in [0.1, 0.15) is 33.9 Å². The minimum absolute atomic E-state index is 0.0216. The first-order chi connectivity index (χ1) is 13.5. The van der Waals surface area contributed by atoms with Crippen molar-refractivity contribution in [3.63, 3.8) is 0 Å². The zero-order chi connectivity index (χ0) is 20.1. The van der Waals surface area contributed by atoms with Crippen LogP contribution in [-0.4, -0.2) is 21.4 Å². The van der Waals surface area contributed by atoms with Crippen molar-refractivity contribution in [2.75, 3.05) is 0 Å². The van der Waals surface area contributed by atoms with Crippen molar-refractivity contribution in [2.45, 2.75) is 19.4 Å². The number of aromatic hydroxyl groups is 1. The molecule has 1 aromatic heterocycles. The van der Waals surface area contributed by atoms with Crippen molar-refractivity contribution in [2.24, 2.45) is 4.99 Å². The standard InChI is InChI=1S/C22H18ClN3O2/c1-14-22(28)20(16(13-27)11-25-14)12-26-17-7-8-18(21(23)9-17)19(10-24)15-5-3-2-4-6-15/h2-9,11-12,19,27-28H,13H2,1H3/t19-/m1/s1.